The van der Waals surface area contributed by atoms with Gasteiger partial charge in [-0.2, -0.15) is 0 Å². The summed E-state index contributed by atoms with van der Waals surface area (Å²) in [6.07, 6.45) is 0. The van der Waals surface area contributed by atoms with Crippen molar-refractivity contribution in [2.75, 3.05) is 10.2 Å². The monoisotopic (exact) mass is 612 g/mol. The van der Waals surface area contributed by atoms with Crippen LogP contribution in [0.3, 0.4) is 0 Å². The minimum Gasteiger partial charge on any atom is -0.325 e. The molecular formula is C26H17ClN4O6S3. The van der Waals surface area contributed by atoms with E-state index >= 15 is 0 Å². The van der Waals surface area contributed by atoms with E-state index in [0.717, 1.165) is 32.9 Å². The van der Waals surface area contributed by atoms with Gasteiger partial charge >= 0.3 is 4.87 Å². The number of thiazole rings is 1. The van der Waals surface area contributed by atoms with Gasteiger partial charge in [0, 0.05) is 38.5 Å². The zero-order chi connectivity index (χ0) is 28.1. The van der Waals surface area contributed by atoms with Crippen LogP contribution < -0.4 is 15.1 Å². The lowest BCUT2D eigenvalue weighted by Gasteiger charge is -2.29. The molecule has 1 fully saturated rings. The number of carbonyl (C=O) groups is 3. The molecule has 3 amide bonds. The molecule has 40 heavy (non-hydrogen) atoms. The van der Waals surface area contributed by atoms with Gasteiger partial charge in [-0.3, -0.25) is 33.9 Å². The molecule has 2 aliphatic heterocycles. The number of nitro benzene ring substituents is 1. The molecular weight excluding hydrogens is 596 g/mol. The first-order valence-corrected chi connectivity index (χ1v) is 14.8. The van der Waals surface area contributed by atoms with Crippen LogP contribution in [0.1, 0.15) is 15.7 Å². The number of rotatable bonds is 6. The van der Waals surface area contributed by atoms with Gasteiger partial charge in [-0.15, -0.1) is 11.3 Å². The largest absolute Gasteiger partial charge is 0.325 e. The summed E-state index contributed by atoms with van der Waals surface area (Å²) in [7, 11) is 0. The van der Waals surface area contributed by atoms with Gasteiger partial charge < -0.3 is 5.32 Å². The first kappa shape index (κ1) is 26.4. The molecule has 4 heterocycles. The van der Waals surface area contributed by atoms with Gasteiger partial charge in [-0.25, -0.2) is 4.90 Å². The highest BCUT2D eigenvalue weighted by atomic mass is 35.5. The summed E-state index contributed by atoms with van der Waals surface area (Å²) in [5.41, 5.74) is 0.601. The number of imide groups is 1. The van der Waals surface area contributed by atoms with Crippen molar-refractivity contribution in [3.8, 4) is 0 Å². The summed E-state index contributed by atoms with van der Waals surface area (Å²) < 4.78 is 1.35. The second-order valence-electron chi connectivity index (χ2n) is 9.02. The number of non-ortho nitro benzene ring substituents is 1. The van der Waals surface area contributed by atoms with Crippen molar-refractivity contribution in [1.29, 1.82) is 0 Å². The van der Waals surface area contributed by atoms with Crippen LogP contribution >= 0.6 is 46.0 Å². The summed E-state index contributed by atoms with van der Waals surface area (Å²) in [6.45, 7) is -0.275. The number of hydrogen-bond acceptors (Lipinski definition) is 9. The summed E-state index contributed by atoms with van der Waals surface area (Å²) in [4.78, 5) is 66.2. The summed E-state index contributed by atoms with van der Waals surface area (Å²) in [6, 6.07) is 15.5. The molecule has 2 aromatic heterocycles. The Balaban J connectivity index is 1.36. The quantitative estimate of drug-likeness (QED) is 0.185. The number of nitrogens with zero attached hydrogens (tertiary/aromatic N) is 3. The Morgan fingerprint density at radius 2 is 1.75 bits per heavy atom. The lowest BCUT2D eigenvalue weighted by molar-refractivity contribution is -0.384. The standard InChI is InChI=1S/C26H17ClN4O6S3/c27-13-3-5-14(6-4-13)28-18(32)12-29-25-22(40-26(29)35)19(17-2-1-11-38-17)20-21(39-25)24(34)30(23(20)33)15-7-9-16(10-8-15)31(36)37/h1-11,19-21H,12H2,(H,28,32)/t19-,20+,21-/m0/s1. The second kappa shape index (κ2) is 10.3. The number of hydrogen-bond donors (Lipinski definition) is 1. The van der Waals surface area contributed by atoms with Crippen molar-refractivity contribution in [1.82, 2.24) is 4.57 Å². The number of carbonyl (C=O) groups excluding carboxylic acids is 3. The van der Waals surface area contributed by atoms with Gasteiger partial charge in [0.1, 0.15) is 11.8 Å². The number of halogens is 1. The first-order chi connectivity index (χ1) is 19.2. The van der Waals surface area contributed by atoms with Crippen LogP contribution in [-0.2, 0) is 20.9 Å². The Morgan fingerprint density at radius 3 is 2.40 bits per heavy atom. The summed E-state index contributed by atoms with van der Waals surface area (Å²) in [5.74, 6) is -2.68. The number of benzene rings is 2. The number of amides is 3. The number of aromatic nitrogens is 1. The lowest BCUT2D eigenvalue weighted by atomic mass is 9.87. The first-order valence-electron chi connectivity index (χ1n) is 11.8. The average Bonchev–Trinajstić information content (AvgIpc) is 3.63. The Morgan fingerprint density at radius 1 is 1.02 bits per heavy atom. The molecule has 2 aliphatic rings. The SMILES string of the molecule is O=C(Cn1c2c(sc1=O)[C@@H](c1cccs1)[C@H]1C(=O)N(c3ccc([N+](=O)[O-])cc3)C(=O)[C@H]1S2)Nc1ccc(Cl)cc1. The van der Waals surface area contributed by atoms with E-state index in [0.29, 0.717) is 20.6 Å². The van der Waals surface area contributed by atoms with Crippen LogP contribution in [-0.4, -0.2) is 32.5 Å². The number of fused-ring (bicyclic) bond motifs is 2. The Bertz CT molecular complexity index is 1720. The fourth-order valence-electron chi connectivity index (χ4n) is 4.89. The summed E-state index contributed by atoms with van der Waals surface area (Å²) in [5, 5.41) is 15.8. The number of thioether (sulfide) groups is 1. The van der Waals surface area contributed by atoms with Crippen LogP contribution in [0.2, 0.25) is 5.02 Å². The minimum absolute atomic E-state index is 0.158. The molecule has 14 heteroatoms. The van der Waals surface area contributed by atoms with E-state index in [-0.39, 0.29) is 22.8 Å². The molecule has 4 aromatic rings. The van der Waals surface area contributed by atoms with Crippen molar-refractivity contribution in [2.45, 2.75) is 22.7 Å². The summed E-state index contributed by atoms with van der Waals surface area (Å²) >= 11 is 9.40. The van der Waals surface area contributed by atoms with Gasteiger partial charge in [0.2, 0.25) is 17.7 Å². The molecule has 3 atom stereocenters. The van der Waals surface area contributed by atoms with Crippen LogP contribution in [0, 0.1) is 16.0 Å². The number of nitrogens with one attached hydrogen (secondary N) is 1. The smallest absolute Gasteiger partial charge is 0.308 e. The third-order valence-corrected chi connectivity index (χ3v) is 10.5. The van der Waals surface area contributed by atoms with Crippen LogP contribution in [0.4, 0.5) is 17.1 Å². The molecule has 202 valence electrons. The molecule has 0 unspecified atom stereocenters. The molecule has 0 spiro atoms. The Hall–Kier alpha value is -3.78. The van der Waals surface area contributed by atoms with Crippen molar-refractivity contribution >= 4 is 80.8 Å². The van der Waals surface area contributed by atoms with Crippen molar-refractivity contribution in [3.63, 3.8) is 0 Å². The van der Waals surface area contributed by atoms with Crippen LogP contribution in [0.15, 0.2) is 75.9 Å². The van der Waals surface area contributed by atoms with Gasteiger partial charge in [0.15, 0.2) is 0 Å². The third kappa shape index (κ3) is 4.54. The fourth-order valence-corrected chi connectivity index (χ4v) is 8.73. The van der Waals surface area contributed by atoms with E-state index in [9.17, 15) is 29.3 Å². The van der Waals surface area contributed by atoms with Gasteiger partial charge in [-0.05, 0) is 47.8 Å². The second-order valence-corrected chi connectivity index (χ2v) is 12.6. The number of thiophene rings is 1. The van der Waals surface area contributed by atoms with E-state index in [1.807, 2.05) is 17.5 Å². The molecule has 1 N–H and O–H groups in total. The number of anilines is 2. The third-order valence-electron chi connectivity index (χ3n) is 6.65. The average molecular weight is 613 g/mol. The molecule has 6 rings (SSSR count). The Labute approximate surface area is 243 Å². The highest BCUT2D eigenvalue weighted by Gasteiger charge is 2.57. The maximum Gasteiger partial charge on any atom is 0.308 e. The van der Waals surface area contributed by atoms with Gasteiger partial charge in [0.05, 0.1) is 21.6 Å². The van der Waals surface area contributed by atoms with Crippen LogP contribution in [0.25, 0.3) is 0 Å². The zero-order valence-electron chi connectivity index (χ0n) is 20.2. The van der Waals surface area contributed by atoms with E-state index in [4.69, 9.17) is 11.6 Å². The predicted octanol–water partition coefficient (Wildman–Crippen LogP) is 4.97. The normalized spacial score (nSPS) is 19.8. The molecule has 1 saturated heterocycles. The highest BCUT2D eigenvalue weighted by Crippen LogP contribution is 2.54. The van der Waals surface area contributed by atoms with Crippen LogP contribution in [0.5, 0.6) is 0 Å². The molecule has 0 bridgehead atoms. The maximum absolute atomic E-state index is 13.8. The molecule has 2 aromatic carbocycles. The lowest BCUT2D eigenvalue weighted by Crippen LogP contribution is -2.32. The molecule has 0 aliphatic carbocycles. The maximum atomic E-state index is 13.8. The van der Waals surface area contributed by atoms with E-state index in [1.54, 1.807) is 24.3 Å². The van der Waals surface area contributed by atoms with E-state index in [1.165, 1.54) is 40.2 Å². The fraction of sp³-hybridized carbons (Fsp3) is 0.154. The van der Waals surface area contributed by atoms with Crippen molar-refractivity contribution < 1.29 is 19.3 Å². The van der Waals surface area contributed by atoms with E-state index in [2.05, 4.69) is 5.32 Å². The van der Waals surface area contributed by atoms with Crippen molar-refractivity contribution in [3.05, 3.63) is 101 Å². The zero-order valence-corrected chi connectivity index (χ0v) is 23.4. The highest BCUT2D eigenvalue weighted by molar-refractivity contribution is 8.00. The molecule has 0 radical (unpaired) electrons. The Kier molecular flexibility index (Phi) is 6.82. The topological polar surface area (TPSA) is 132 Å². The van der Waals surface area contributed by atoms with Crippen molar-refractivity contribution in [2.24, 2.45) is 5.92 Å². The molecule has 10 nitrogen and oxygen atoms in total. The van der Waals surface area contributed by atoms with E-state index < -0.39 is 39.7 Å². The minimum atomic E-state index is -0.845. The predicted molar refractivity (Wildman–Crippen MR) is 154 cm³/mol. The van der Waals surface area contributed by atoms with Gasteiger partial charge in [0.25, 0.3) is 5.69 Å². The van der Waals surface area contributed by atoms with Gasteiger partial charge in [-0.1, -0.05) is 40.8 Å². The number of nitro groups is 1. The molecule has 0 saturated carbocycles.